The van der Waals surface area contributed by atoms with Gasteiger partial charge in [-0.2, -0.15) is 4.31 Å². The minimum atomic E-state index is -3.73. The molecular weight excluding hydrogens is 367 g/mol. The van der Waals surface area contributed by atoms with Gasteiger partial charge in [-0.1, -0.05) is 0 Å². The Kier molecular flexibility index (Phi) is 4.58. The molecule has 0 fully saturated rings. The van der Waals surface area contributed by atoms with Gasteiger partial charge in [0.15, 0.2) is 0 Å². The van der Waals surface area contributed by atoms with E-state index in [9.17, 15) is 12.8 Å². The number of hydrogen-bond donors (Lipinski definition) is 0. The van der Waals surface area contributed by atoms with Gasteiger partial charge >= 0.3 is 0 Å². The van der Waals surface area contributed by atoms with E-state index in [2.05, 4.69) is 20.9 Å². The van der Waals surface area contributed by atoms with Crippen molar-refractivity contribution in [3.8, 4) is 0 Å². The van der Waals surface area contributed by atoms with Crippen LogP contribution in [0.25, 0.3) is 0 Å². The van der Waals surface area contributed by atoms with Crippen LogP contribution in [0, 0.1) is 12.7 Å². The molecule has 0 aliphatic rings. The number of benzene rings is 1. The van der Waals surface area contributed by atoms with Gasteiger partial charge in [0.1, 0.15) is 5.82 Å². The molecule has 0 unspecified atom stereocenters. The van der Waals surface area contributed by atoms with Gasteiger partial charge in [-0.15, -0.1) is 11.3 Å². The first-order chi connectivity index (χ1) is 9.30. The van der Waals surface area contributed by atoms with Crippen molar-refractivity contribution in [3.05, 3.63) is 44.6 Å². The van der Waals surface area contributed by atoms with Gasteiger partial charge in [-0.05, 0) is 41.1 Å². The predicted molar refractivity (Wildman–Crippen MR) is 79.6 cm³/mol. The number of sulfonamides is 1. The largest absolute Gasteiger partial charge is 0.245 e. The van der Waals surface area contributed by atoms with Crippen molar-refractivity contribution in [1.29, 1.82) is 0 Å². The summed E-state index contributed by atoms with van der Waals surface area (Å²) in [4.78, 5) is 4.14. The van der Waals surface area contributed by atoms with E-state index >= 15 is 0 Å². The summed E-state index contributed by atoms with van der Waals surface area (Å²) >= 11 is 4.46. The number of thiazole rings is 1. The van der Waals surface area contributed by atoms with Crippen molar-refractivity contribution in [2.24, 2.45) is 0 Å². The zero-order valence-corrected chi connectivity index (χ0v) is 14.0. The van der Waals surface area contributed by atoms with E-state index in [-0.39, 0.29) is 15.9 Å². The normalized spacial score (nSPS) is 12.1. The SMILES string of the molecule is Cc1nc(CN(C)S(=O)(=O)c2ccc(Br)c(F)c2)cs1. The monoisotopic (exact) mass is 378 g/mol. The average molecular weight is 379 g/mol. The molecule has 8 heteroatoms. The Bertz CT molecular complexity index is 731. The Labute approximate surface area is 129 Å². The maximum Gasteiger partial charge on any atom is 0.243 e. The Morgan fingerprint density at radius 1 is 1.45 bits per heavy atom. The predicted octanol–water partition coefficient (Wildman–Crippen LogP) is 3.17. The van der Waals surface area contributed by atoms with Crippen LogP contribution in [0.15, 0.2) is 32.9 Å². The third kappa shape index (κ3) is 3.25. The van der Waals surface area contributed by atoms with Crippen LogP contribution in [0.3, 0.4) is 0 Å². The fourth-order valence-corrected chi connectivity index (χ4v) is 3.62. The Morgan fingerprint density at radius 2 is 2.15 bits per heavy atom. The minimum Gasteiger partial charge on any atom is -0.245 e. The molecule has 2 rings (SSSR count). The highest BCUT2D eigenvalue weighted by Crippen LogP contribution is 2.22. The fourth-order valence-electron chi connectivity index (χ4n) is 1.61. The molecule has 0 aliphatic carbocycles. The van der Waals surface area contributed by atoms with E-state index < -0.39 is 15.8 Å². The second-order valence-electron chi connectivity index (χ2n) is 4.19. The lowest BCUT2D eigenvalue weighted by molar-refractivity contribution is 0.462. The van der Waals surface area contributed by atoms with Crippen LogP contribution in [-0.2, 0) is 16.6 Å². The second-order valence-corrected chi connectivity index (χ2v) is 8.16. The summed E-state index contributed by atoms with van der Waals surface area (Å²) in [5.74, 6) is -0.607. The van der Waals surface area contributed by atoms with E-state index in [1.54, 1.807) is 0 Å². The molecule has 0 N–H and O–H groups in total. The number of aryl methyl sites for hydroxylation is 1. The van der Waals surface area contributed by atoms with Gasteiger partial charge < -0.3 is 0 Å². The molecular formula is C12H12BrFN2O2S2. The van der Waals surface area contributed by atoms with Crippen molar-refractivity contribution < 1.29 is 12.8 Å². The summed E-state index contributed by atoms with van der Waals surface area (Å²) in [6, 6.07) is 3.75. The lowest BCUT2D eigenvalue weighted by Crippen LogP contribution is -2.26. The van der Waals surface area contributed by atoms with E-state index in [0.29, 0.717) is 5.69 Å². The highest BCUT2D eigenvalue weighted by atomic mass is 79.9. The lowest BCUT2D eigenvalue weighted by Gasteiger charge is -2.16. The molecule has 0 atom stereocenters. The Hall–Kier alpha value is -0.830. The first kappa shape index (κ1) is 15.6. The third-order valence-corrected chi connectivity index (χ3v) is 5.92. The topological polar surface area (TPSA) is 50.3 Å². The highest BCUT2D eigenvalue weighted by molar-refractivity contribution is 9.10. The zero-order chi connectivity index (χ0) is 14.9. The molecule has 0 radical (unpaired) electrons. The van der Waals surface area contributed by atoms with E-state index in [0.717, 1.165) is 15.4 Å². The van der Waals surface area contributed by atoms with Crippen LogP contribution in [0.4, 0.5) is 4.39 Å². The van der Waals surface area contributed by atoms with Crippen LogP contribution >= 0.6 is 27.3 Å². The maximum absolute atomic E-state index is 13.5. The van der Waals surface area contributed by atoms with Gasteiger partial charge in [0.2, 0.25) is 10.0 Å². The van der Waals surface area contributed by atoms with Crippen molar-refractivity contribution >= 4 is 37.3 Å². The second kappa shape index (κ2) is 5.88. The Balaban J connectivity index is 2.27. The van der Waals surface area contributed by atoms with Crippen molar-refractivity contribution in [2.75, 3.05) is 7.05 Å². The molecule has 1 aromatic heterocycles. The summed E-state index contributed by atoms with van der Waals surface area (Å²) in [6.45, 7) is 2.01. The summed E-state index contributed by atoms with van der Waals surface area (Å²) in [6.07, 6.45) is 0. The summed E-state index contributed by atoms with van der Waals surface area (Å²) in [5, 5.41) is 2.68. The molecule has 0 saturated heterocycles. The molecule has 0 bridgehead atoms. The number of rotatable bonds is 4. The fraction of sp³-hybridized carbons (Fsp3) is 0.250. The molecule has 0 saturated carbocycles. The van der Waals surface area contributed by atoms with Gasteiger partial charge in [-0.25, -0.2) is 17.8 Å². The minimum absolute atomic E-state index is 0.0762. The summed E-state index contributed by atoms with van der Waals surface area (Å²) in [5.41, 5.74) is 0.677. The first-order valence-corrected chi connectivity index (χ1v) is 8.74. The lowest BCUT2D eigenvalue weighted by atomic mass is 10.3. The molecule has 1 aromatic carbocycles. The first-order valence-electron chi connectivity index (χ1n) is 5.63. The van der Waals surface area contributed by atoms with Gasteiger partial charge in [-0.3, -0.25) is 0 Å². The zero-order valence-electron chi connectivity index (χ0n) is 10.8. The maximum atomic E-state index is 13.5. The smallest absolute Gasteiger partial charge is 0.243 e. The third-order valence-electron chi connectivity index (χ3n) is 2.65. The van der Waals surface area contributed by atoms with Crippen molar-refractivity contribution in [2.45, 2.75) is 18.4 Å². The number of nitrogens with zero attached hydrogens (tertiary/aromatic N) is 2. The molecule has 20 heavy (non-hydrogen) atoms. The number of aromatic nitrogens is 1. The van der Waals surface area contributed by atoms with E-state index in [1.165, 1.54) is 30.5 Å². The highest BCUT2D eigenvalue weighted by Gasteiger charge is 2.22. The van der Waals surface area contributed by atoms with Crippen molar-refractivity contribution in [3.63, 3.8) is 0 Å². The molecule has 4 nitrogen and oxygen atoms in total. The molecule has 108 valence electrons. The van der Waals surface area contributed by atoms with Gasteiger partial charge in [0, 0.05) is 12.4 Å². The number of halogens is 2. The van der Waals surface area contributed by atoms with E-state index in [1.807, 2.05) is 12.3 Å². The van der Waals surface area contributed by atoms with Crippen LogP contribution < -0.4 is 0 Å². The van der Waals surface area contributed by atoms with Crippen LogP contribution in [0.5, 0.6) is 0 Å². The standard InChI is InChI=1S/C12H12BrFN2O2S2/c1-8-15-9(7-19-8)6-16(2)20(17,18)10-3-4-11(13)12(14)5-10/h3-5,7H,6H2,1-2H3. The van der Waals surface area contributed by atoms with E-state index in [4.69, 9.17) is 0 Å². The molecule has 1 heterocycles. The van der Waals surface area contributed by atoms with Gasteiger partial charge in [0.25, 0.3) is 0 Å². The summed E-state index contributed by atoms with van der Waals surface area (Å²) < 4.78 is 39.5. The van der Waals surface area contributed by atoms with Crippen LogP contribution in [0.2, 0.25) is 0 Å². The summed E-state index contributed by atoms with van der Waals surface area (Å²) in [7, 11) is -2.28. The van der Waals surface area contributed by atoms with Crippen LogP contribution in [0.1, 0.15) is 10.7 Å². The molecule has 2 aromatic rings. The molecule has 0 amide bonds. The van der Waals surface area contributed by atoms with Gasteiger partial charge in [0.05, 0.1) is 26.6 Å². The average Bonchev–Trinajstić information content (AvgIpc) is 2.78. The van der Waals surface area contributed by atoms with Crippen LogP contribution in [-0.4, -0.2) is 24.8 Å². The molecule has 0 spiro atoms. The molecule has 0 aliphatic heterocycles. The van der Waals surface area contributed by atoms with Crippen molar-refractivity contribution in [1.82, 2.24) is 9.29 Å². The quantitative estimate of drug-likeness (QED) is 0.820. The Morgan fingerprint density at radius 3 is 2.70 bits per heavy atom. The number of hydrogen-bond acceptors (Lipinski definition) is 4.